The zero-order valence-corrected chi connectivity index (χ0v) is 11.8. The summed E-state index contributed by atoms with van der Waals surface area (Å²) in [5, 5.41) is 11.4. The normalized spacial score (nSPS) is 18.1. The number of hydrogen-bond acceptors (Lipinski definition) is 3. The summed E-state index contributed by atoms with van der Waals surface area (Å²) in [7, 11) is 1.56. The lowest BCUT2D eigenvalue weighted by molar-refractivity contribution is -0.126. The summed E-state index contributed by atoms with van der Waals surface area (Å²) in [6.07, 6.45) is 2.44. The summed E-state index contributed by atoms with van der Waals surface area (Å²) in [4.78, 5) is 36.8. The number of carbonyl (C=O) groups is 3. The van der Waals surface area contributed by atoms with Crippen molar-refractivity contribution in [3.05, 3.63) is 35.4 Å². The van der Waals surface area contributed by atoms with E-state index in [0.29, 0.717) is 18.5 Å². The second-order valence-electron chi connectivity index (χ2n) is 5.01. The fourth-order valence-electron chi connectivity index (χ4n) is 2.54. The highest BCUT2D eigenvalue weighted by Gasteiger charge is 2.31. The summed E-state index contributed by atoms with van der Waals surface area (Å²) in [5.41, 5.74) is 0.531. The molecule has 1 heterocycles. The van der Waals surface area contributed by atoms with Crippen molar-refractivity contribution in [1.29, 1.82) is 0 Å². The molecule has 1 aliphatic rings. The van der Waals surface area contributed by atoms with Gasteiger partial charge in [0.1, 0.15) is 6.04 Å². The Kier molecular flexibility index (Phi) is 4.57. The van der Waals surface area contributed by atoms with Crippen LogP contribution in [0.1, 0.15) is 40.0 Å². The van der Waals surface area contributed by atoms with E-state index in [1.165, 1.54) is 24.3 Å². The fraction of sp³-hybridized carbons (Fsp3) is 0.400. The third kappa shape index (κ3) is 3.21. The van der Waals surface area contributed by atoms with Gasteiger partial charge in [-0.15, -0.1) is 0 Å². The molecule has 0 aromatic heterocycles. The maximum absolute atomic E-state index is 12.5. The molecule has 1 atom stereocenters. The summed E-state index contributed by atoms with van der Waals surface area (Å²) in [6.45, 7) is 0.539. The predicted molar refractivity (Wildman–Crippen MR) is 76.1 cm³/mol. The van der Waals surface area contributed by atoms with Gasteiger partial charge >= 0.3 is 5.97 Å². The third-order valence-corrected chi connectivity index (χ3v) is 3.69. The summed E-state index contributed by atoms with van der Waals surface area (Å²) in [6, 6.07) is 5.32. The first-order valence-corrected chi connectivity index (χ1v) is 6.90. The maximum Gasteiger partial charge on any atom is 0.335 e. The molecule has 0 bridgehead atoms. The average Bonchev–Trinajstić information content (AvgIpc) is 2.53. The number of nitrogens with zero attached hydrogens (tertiary/aromatic N) is 1. The van der Waals surface area contributed by atoms with Gasteiger partial charge in [0, 0.05) is 19.2 Å². The molecule has 1 aliphatic heterocycles. The van der Waals surface area contributed by atoms with E-state index in [1.807, 2.05) is 0 Å². The van der Waals surface area contributed by atoms with Gasteiger partial charge in [0.2, 0.25) is 5.91 Å². The monoisotopic (exact) mass is 290 g/mol. The van der Waals surface area contributed by atoms with E-state index < -0.39 is 12.0 Å². The number of carboxylic acid groups (broad SMARTS) is 1. The van der Waals surface area contributed by atoms with E-state index in [9.17, 15) is 14.4 Å². The topological polar surface area (TPSA) is 86.7 Å². The van der Waals surface area contributed by atoms with Crippen LogP contribution in [0.15, 0.2) is 24.3 Å². The van der Waals surface area contributed by atoms with Crippen LogP contribution >= 0.6 is 0 Å². The van der Waals surface area contributed by atoms with Gasteiger partial charge in [-0.3, -0.25) is 9.59 Å². The van der Waals surface area contributed by atoms with E-state index in [2.05, 4.69) is 5.32 Å². The van der Waals surface area contributed by atoms with Gasteiger partial charge in [0.05, 0.1) is 5.56 Å². The predicted octanol–water partition coefficient (Wildman–Crippen LogP) is 1.13. The van der Waals surface area contributed by atoms with Crippen molar-refractivity contribution in [2.24, 2.45) is 0 Å². The highest BCUT2D eigenvalue weighted by atomic mass is 16.4. The number of benzene rings is 1. The minimum absolute atomic E-state index is 0.132. The molecule has 1 aromatic rings. The average molecular weight is 290 g/mol. The molecule has 21 heavy (non-hydrogen) atoms. The number of carboxylic acids is 1. The van der Waals surface area contributed by atoms with E-state index >= 15 is 0 Å². The minimum Gasteiger partial charge on any atom is -0.478 e. The quantitative estimate of drug-likeness (QED) is 0.873. The van der Waals surface area contributed by atoms with Gasteiger partial charge in [-0.05, 0) is 43.5 Å². The Balaban J connectivity index is 2.20. The van der Waals surface area contributed by atoms with Crippen LogP contribution in [-0.4, -0.2) is 47.4 Å². The molecule has 1 fully saturated rings. The van der Waals surface area contributed by atoms with Crippen LogP contribution in [0, 0.1) is 0 Å². The summed E-state index contributed by atoms with van der Waals surface area (Å²) in [5.74, 6) is -1.43. The van der Waals surface area contributed by atoms with Crippen molar-refractivity contribution in [2.45, 2.75) is 25.3 Å². The third-order valence-electron chi connectivity index (χ3n) is 3.69. The van der Waals surface area contributed by atoms with Crippen LogP contribution in [-0.2, 0) is 4.79 Å². The number of likely N-dealkylation sites (N-methyl/N-ethyl adjacent to an activating group) is 1. The Morgan fingerprint density at radius 2 is 1.76 bits per heavy atom. The fourth-order valence-corrected chi connectivity index (χ4v) is 2.54. The van der Waals surface area contributed by atoms with Gasteiger partial charge in [0.15, 0.2) is 0 Å². The lowest BCUT2D eigenvalue weighted by atomic mass is 10.00. The Morgan fingerprint density at radius 1 is 1.14 bits per heavy atom. The van der Waals surface area contributed by atoms with Gasteiger partial charge in [0.25, 0.3) is 5.91 Å². The first kappa shape index (κ1) is 15.0. The van der Waals surface area contributed by atoms with Crippen LogP contribution in [0.3, 0.4) is 0 Å². The van der Waals surface area contributed by atoms with Crippen molar-refractivity contribution >= 4 is 17.8 Å². The number of hydrogen-bond donors (Lipinski definition) is 2. The van der Waals surface area contributed by atoms with Gasteiger partial charge in [-0.1, -0.05) is 0 Å². The summed E-state index contributed by atoms with van der Waals surface area (Å²) >= 11 is 0. The Morgan fingerprint density at radius 3 is 2.33 bits per heavy atom. The maximum atomic E-state index is 12.5. The highest BCUT2D eigenvalue weighted by molar-refractivity contribution is 5.98. The number of carbonyl (C=O) groups excluding carboxylic acids is 2. The highest BCUT2D eigenvalue weighted by Crippen LogP contribution is 2.20. The van der Waals surface area contributed by atoms with E-state index in [4.69, 9.17) is 5.11 Å². The van der Waals surface area contributed by atoms with Crippen LogP contribution < -0.4 is 5.32 Å². The molecule has 1 aromatic carbocycles. The molecular weight excluding hydrogens is 272 g/mol. The zero-order valence-electron chi connectivity index (χ0n) is 11.8. The van der Waals surface area contributed by atoms with Crippen LogP contribution in [0.5, 0.6) is 0 Å². The molecule has 0 radical (unpaired) electrons. The first-order valence-electron chi connectivity index (χ1n) is 6.90. The molecule has 2 N–H and O–H groups in total. The largest absolute Gasteiger partial charge is 0.478 e. The number of nitrogens with one attached hydrogen (secondary N) is 1. The molecule has 0 saturated carbocycles. The molecule has 2 rings (SSSR count). The molecule has 1 saturated heterocycles. The SMILES string of the molecule is CNC(=O)C1CCCCN1C(=O)c1ccc(C(=O)O)cc1. The molecule has 1 unspecified atom stereocenters. The second kappa shape index (κ2) is 6.39. The van der Waals surface area contributed by atoms with Crippen molar-refractivity contribution in [2.75, 3.05) is 13.6 Å². The Hall–Kier alpha value is -2.37. The molecule has 6 heteroatoms. The molecule has 0 aliphatic carbocycles. The van der Waals surface area contributed by atoms with Gasteiger partial charge in [-0.2, -0.15) is 0 Å². The number of likely N-dealkylation sites (tertiary alicyclic amines) is 1. The summed E-state index contributed by atoms with van der Waals surface area (Å²) < 4.78 is 0. The lowest BCUT2D eigenvalue weighted by Crippen LogP contribution is -2.51. The molecular formula is C15H18N2O4. The lowest BCUT2D eigenvalue weighted by Gasteiger charge is -2.34. The van der Waals surface area contributed by atoms with Crippen molar-refractivity contribution in [3.8, 4) is 0 Å². The van der Waals surface area contributed by atoms with Crippen LogP contribution in [0.2, 0.25) is 0 Å². The van der Waals surface area contributed by atoms with Gasteiger partial charge in [-0.25, -0.2) is 4.79 Å². The van der Waals surface area contributed by atoms with E-state index in [-0.39, 0.29) is 17.4 Å². The van der Waals surface area contributed by atoms with E-state index in [1.54, 1.807) is 11.9 Å². The molecule has 0 spiro atoms. The van der Waals surface area contributed by atoms with Crippen LogP contribution in [0.4, 0.5) is 0 Å². The molecule has 6 nitrogen and oxygen atoms in total. The van der Waals surface area contributed by atoms with Gasteiger partial charge < -0.3 is 15.3 Å². The Labute approximate surface area is 122 Å². The van der Waals surface area contributed by atoms with E-state index in [0.717, 1.165) is 12.8 Å². The van der Waals surface area contributed by atoms with Crippen molar-refractivity contribution < 1.29 is 19.5 Å². The first-order chi connectivity index (χ1) is 10.0. The van der Waals surface area contributed by atoms with Crippen molar-refractivity contribution in [3.63, 3.8) is 0 Å². The smallest absolute Gasteiger partial charge is 0.335 e. The number of rotatable bonds is 3. The number of amides is 2. The number of piperidine rings is 1. The van der Waals surface area contributed by atoms with Crippen molar-refractivity contribution in [1.82, 2.24) is 10.2 Å². The Bertz CT molecular complexity index is 553. The molecule has 2 amide bonds. The standard InChI is InChI=1S/C15H18N2O4/c1-16-13(18)12-4-2-3-9-17(12)14(19)10-5-7-11(8-6-10)15(20)21/h5-8,12H,2-4,9H2,1H3,(H,16,18)(H,20,21). The molecule has 112 valence electrons. The van der Waals surface area contributed by atoms with Crippen LogP contribution in [0.25, 0.3) is 0 Å². The minimum atomic E-state index is -1.03. The second-order valence-corrected chi connectivity index (χ2v) is 5.01. The number of aromatic carboxylic acids is 1. The zero-order chi connectivity index (χ0) is 15.4.